The Labute approximate surface area is 139 Å². The minimum atomic E-state index is -0.602. The number of hydrogen-bond acceptors (Lipinski definition) is 5. The van der Waals surface area contributed by atoms with Crippen molar-refractivity contribution in [1.82, 2.24) is 0 Å². The molecule has 0 amide bonds. The smallest absolute Gasteiger partial charge is 0.200 e. The van der Waals surface area contributed by atoms with Crippen LogP contribution in [0.4, 0.5) is 5.69 Å². The molecule has 0 atom stereocenters. The Bertz CT molecular complexity index is 790. The molecular formula is C16H17N3O3S. The molecule has 0 saturated carbocycles. The summed E-state index contributed by atoms with van der Waals surface area (Å²) in [6.45, 7) is 3.53. The summed E-state index contributed by atoms with van der Waals surface area (Å²) in [7, 11) is 0. The highest BCUT2D eigenvalue weighted by Crippen LogP contribution is 2.37. The van der Waals surface area contributed by atoms with Gasteiger partial charge in [0.1, 0.15) is 0 Å². The third-order valence-electron chi connectivity index (χ3n) is 3.32. The molecule has 0 bridgehead atoms. The number of anilines is 1. The van der Waals surface area contributed by atoms with Gasteiger partial charge in [-0.3, -0.25) is 0 Å². The van der Waals surface area contributed by atoms with Gasteiger partial charge in [-0.2, -0.15) is 5.10 Å². The first-order chi connectivity index (χ1) is 10.8. The van der Waals surface area contributed by atoms with Crippen LogP contribution in [0.3, 0.4) is 0 Å². The van der Waals surface area contributed by atoms with E-state index in [4.69, 9.17) is 18.0 Å². The normalized spacial score (nSPS) is 11.3. The Morgan fingerprint density at radius 1 is 1.09 bits per heavy atom. The summed E-state index contributed by atoms with van der Waals surface area (Å²) in [6.07, 6.45) is 0. The maximum atomic E-state index is 9.95. The molecule has 0 aliphatic carbocycles. The molecule has 0 aliphatic rings. The van der Waals surface area contributed by atoms with Crippen molar-refractivity contribution >= 4 is 28.7 Å². The molecule has 0 spiro atoms. The second-order valence-electron chi connectivity index (χ2n) is 4.95. The van der Waals surface area contributed by atoms with Gasteiger partial charge in [0.05, 0.1) is 11.4 Å². The zero-order valence-corrected chi connectivity index (χ0v) is 13.5. The second-order valence-corrected chi connectivity index (χ2v) is 5.37. The Balaban J connectivity index is 2.51. The van der Waals surface area contributed by atoms with Crippen LogP contribution in [0.5, 0.6) is 17.2 Å². The van der Waals surface area contributed by atoms with E-state index in [0.29, 0.717) is 11.4 Å². The first-order valence-corrected chi connectivity index (χ1v) is 7.18. The number of phenols is 3. The molecule has 120 valence electrons. The molecule has 7 heteroatoms. The van der Waals surface area contributed by atoms with Crippen LogP contribution >= 0.6 is 12.2 Å². The minimum Gasteiger partial charge on any atom is -0.504 e. The molecule has 0 saturated heterocycles. The number of hydrazone groups is 1. The molecule has 2 aromatic rings. The lowest BCUT2D eigenvalue weighted by atomic mass is 10.1. The van der Waals surface area contributed by atoms with Gasteiger partial charge in [-0.05, 0) is 49.8 Å². The topological polar surface area (TPSA) is 102 Å². The van der Waals surface area contributed by atoms with Crippen LogP contribution in [0.1, 0.15) is 18.1 Å². The highest BCUT2D eigenvalue weighted by Gasteiger charge is 2.16. The summed E-state index contributed by atoms with van der Waals surface area (Å²) >= 11 is 5.05. The highest BCUT2D eigenvalue weighted by atomic mass is 32.1. The van der Waals surface area contributed by atoms with Crippen LogP contribution in [-0.4, -0.2) is 26.1 Å². The fourth-order valence-electron chi connectivity index (χ4n) is 2.09. The van der Waals surface area contributed by atoms with E-state index in [1.807, 2.05) is 31.2 Å². The summed E-state index contributed by atoms with van der Waals surface area (Å²) in [5, 5.41) is 34.7. The number of phenolic OH excluding ortho intramolecular Hbond substituents is 3. The second kappa shape index (κ2) is 6.53. The van der Waals surface area contributed by atoms with E-state index in [1.165, 1.54) is 17.1 Å². The fourth-order valence-corrected chi connectivity index (χ4v) is 2.23. The van der Waals surface area contributed by atoms with Gasteiger partial charge in [-0.15, -0.1) is 0 Å². The van der Waals surface area contributed by atoms with Crippen molar-refractivity contribution in [2.45, 2.75) is 13.8 Å². The van der Waals surface area contributed by atoms with E-state index >= 15 is 0 Å². The van der Waals surface area contributed by atoms with Crippen LogP contribution in [0.25, 0.3) is 0 Å². The lowest BCUT2D eigenvalue weighted by molar-refractivity contribution is 0.367. The Morgan fingerprint density at radius 3 is 2.35 bits per heavy atom. The molecule has 0 aromatic heterocycles. The first kappa shape index (κ1) is 16.6. The fraction of sp³-hybridized carbons (Fsp3) is 0.125. The minimum absolute atomic E-state index is 0.0427. The number of aryl methyl sites for hydroxylation is 1. The number of aromatic hydroxyl groups is 3. The van der Waals surface area contributed by atoms with E-state index in [9.17, 15) is 15.3 Å². The van der Waals surface area contributed by atoms with Crippen LogP contribution in [0.15, 0.2) is 41.5 Å². The van der Waals surface area contributed by atoms with Crippen molar-refractivity contribution in [3.8, 4) is 17.2 Å². The van der Waals surface area contributed by atoms with Gasteiger partial charge < -0.3 is 21.1 Å². The monoisotopic (exact) mass is 331 g/mol. The summed E-state index contributed by atoms with van der Waals surface area (Å²) < 4.78 is 0. The molecule has 0 aliphatic heterocycles. The summed E-state index contributed by atoms with van der Waals surface area (Å²) in [5.41, 5.74) is 8.02. The molecule has 0 heterocycles. The molecule has 5 N–H and O–H groups in total. The number of benzene rings is 2. The van der Waals surface area contributed by atoms with Crippen LogP contribution in [0.2, 0.25) is 0 Å². The number of nitrogens with two attached hydrogens (primary N) is 1. The molecule has 23 heavy (non-hydrogen) atoms. The van der Waals surface area contributed by atoms with Crippen molar-refractivity contribution in [2.75, 3.05) is 5.01 Å². The number of thiocarbonyl (C=S) groups is 1. The maximum Gasteiger partial charge on any atom is 0.200 e. The third kappa shape index (κ3) is 3.35. The number of nitrogens with zero attached hydrogens (tertiary/aromatic N) is 2. The predicted molar refractivity (Wildman–Crippen MR) is 94.1 cm³/mol. The summed E-state index contributed by atoms with van der Waals surface area (Å²) in [4.78, 5) is 0. The number of para-hydroxylation sites is 1. The summed E-state index contributed by atoms with van der Waals surface area (Å²) in [6, 6.07) is 10.1. The average Bonchev–Trinajstić information content (AvgIpc) is 2.51. The van der Waals surface area contributed by atoms with E-state index in [-0.39, 0.29) is 10.7 Å². The lowest BCUT2D eigenvalue weighted by Gasteiger charge is -2.20. The van der Waals surface area contributed by atoms with Gasteiger partial charge in [0.25, 0.3) is 0 Å². The molecule has 0 radical (unpaired) electrons. The molecule has 2 rings (SSSR count). The van der Waals surface area contributed by atoms with Gasteiger partial charge in [0.15, 0.2) is 16.6 Å². The molecule has 0 fully saturated rings. The van der Waals surface area contributed by atoms with Gasteiger partial charge >= 0.3 is 0 Å². The molecule has 2 aromatic carbocycles. The van der Waals surface area contributed by atoms with Crippen molar-refractivity contribution < 1.29 is 15.3 Å². The van der Waals surface area contributed by atoms with Gasteiger partial charge in [0.2, 0.25) is 5.75 Å². The molecule has 6 nitrogen and oxygen atoms in total. The van der Waals surface area contributed by atoms with Crippen molar-refractivity contribution in [3.05, 3.63) is 47.5 Å². The van der Waals surface area contributed by atoms with E-state index < -0.39 is 17.2 Å². The van der Waals surface area contributed by atoms with E-state index in [1.54, 1.807) is 6.92 Å². The van der Waals surface area contributed by atoms with Crippen LogP contribution in [0, 0.1) is 6.92 Å². The van der Waals surface area contributed by atoms with Gasteiger partial charge in [-0.25, -0.2) is 5.01 Å². The van der Waals surface area contributed by atoms with Crippen molar-refractivity contribution in [3.63, 3.8) is 0 Å². The Hall–Kier alpha value is -2.80. The van der Waals surface area contributed by atoms with Crippen molar-refractivity contribution in [2.24, 2.45) is 10.8 Å². The van der Waals surface area contributed by atoms with Gasteiger partial charge in [-0.1, -0.05) is 18.2 Å². The standard InChI is InChI=1S/C16H17N3O3S/c1-9-5-3-4-6-12(9)19(16(17)23)18-10(2)11-7-8-13(20)15(22)14(11)21/h3-8,20-22H,1-2H3,(H2,17,23)/b18-10+. The quantitative estimate of drug-likeness (QED) is 0.298. The van der Waals surface area contributed by atoms with Crippen LogP contribution < -0.4 is 10.7 Å². The predicted octanol–water partition coefficient (Wildman–Crippen LogP) is 2.59. The van der Waals surface area contributed by atoms with Crippen molar-refractivity contribution in [1.29, 1.82) is 0 Å². The Kier molecular flexibility index (Phi) is 4.71. The number of hydrogen-bond donors (Lipinski definition) is 4. The van der Waals surface area contributed by atoms with E-state index in [2.05, 4.69) is 5.10 Å². The third-order valence-corrected chi connectivity index (χ3v) is 3.50. The Morgan fingerprint density at radius 2 is 1.74 bits per heavy atom. The zero-order chi connectivity index (χ0) is 17.1. The first-order valence-electron chi connectivity index (χ1n) is 6.77. The molecule has 0 unspecified atom stereocenters. The van der Waals surface area contributed by atoms with Gasteiger partial charge in [0, 0.05) is 5.56 Å². The maximum absolute atomic E-state index is 9.95. The highest BCUT2D eigenvalue weighted by molar-refractivity contribution is 7.80. The largest absolute Gasteiger partial charge is 0.504 e. The SMILES string of the molecule is C/C(=N\N(C(N)=S)c1ccccc1C)c1ccc(O)c(O)c1O. The van der Waals surface area contributed by atoms with Crippen LogP contribution in [-0.2, 0) is 0 Å². The zero-order valence-electron chi connectivity index (χ0n) is 12.7. The van der Waals surface area contributed by atoms with E-state index in [0.717, 1.165) is 5.56 Å². The lowest BCUT2D eigenvalue weighted by Crippen LogP contribution is -2.32. The number of rotatable bonds is 3. The average molecular weight is 331 g/mol. The molecular weight excluding hydrogens is 314 g/mol. The summed E-state index contributed by atoms with van der Waals surface area (Å²) in [5.74, 6) is -1.47.